The summed E-state index contributed by atoms with van der Waals surface area (Å²) >= 11 is 5.91. The lowest BCUT2D eigenvalue weighted by molar-refractivity contribution is 0.103. The molecular formula is C16H23ClN2O2. The Hall–Kier alpha value is -1.26. The zero-order valence-electron chi connectivity index (χ0n) is 13.1. The van der Waals surface area contributed by atoms with Crippen molar-refractivity contribution in [3.8, 4) is 5.75 Å². The van der Waals surface area contributed by atoms with Crippen LogP contribution in [0.1, 0.15) is 26.6 Å². The standard InChI is InChI=1S/C16H23ClN2O2/c1-11(2)21-14-7-5-6-13-16(14)18-15(8-9-17)19(13)10-12(3)20-4/h5-7,11-12H,8-10H2,1-4H3. The maximum Gasteiger partial charge on any atom is 0.147 e. The van der Waals surface area contributed by atoms with E-state index in [1.807, 2.05) is 32.9 Å². The molecule has 1 heterocycles. The predicted octanol–water partition coefficient (Wildman–Crippen LogP) is 3.64. The molecule has 4 nitrogen and oxygen atoms in total. The van der Waals surface area contributed by atoms with Crippen molar-refractivity contribution in [2.75, 3.05) is 13.0 Å². The number of alkyl halides is 1. The highest BCUT2D eigenvalue weighted by molar-refractivity contribution is 6.17. The molecule has 0 aliphatic rings. The first-order chi connectivity index (χ1) is 10.1. The predicted molar refractivity (Wildman–Crippen MR) is 86.4 cm³/mol. The van der Waals surface area contributed by atoms with Gasteiger partial charge in [-0.05, 0) is 32.9 Å². The van der Waals surface area contributed by atoms with Crippen LogP contribution >= 0.6 is 11.6 Å². The number of aryl methyl sites for hydroxylation is 1. The van der Waals surface area contributed by atoms with Gasteiger partial charge >= 0.3 is 0 Å². The summed E-state index contributed by atoms with van der Waals surface area (Å²) in [6.07, 6.45) is 0.967. The first kappa shape index (κ1) is 16.1. The van der Waals surface area contributed by atoms with Gasteiger partial charge in [-0.3, -0.25) is 0 Å². The van der Waals surface area contributed by atoms with Gasteiger partial charge in [0.15, 0.2) is 0 Å². The topological polar surface area (TPSA) is 36.3 Å². The lowest BCUT2D eigenvalue weighted by atomic mass is 10.2. The SMILES string of the molecule is COC(C)Cn1c(CCCl)nc2c(OC(C)C)cccc21. The molecule has 0 aliphatic heterocycles. The highest BCUT2D eigenvalue weighted by Gasteiger charge is 2.16. The third-order valence-corrected chi connectivity index (χ3v) is 3.53. The minimum absolute atomic E-state index is 0.117. The van der Waals surface area contributed by atoms with Gasteiger partial charge in [0, 0.05) is 19.4 Å². The minimum atomic E-state index is 0.117. The molecule has 0 saturated carbocycles. The van der Waals surface area contributed by atoms with E-state index >= 15 is 0 Å². The van der Waals surface area contributed by atoms with E-state index in [1.165, 1.54) is 0 Å². The molecule has 0 aliphatic carbocycles. The van der Waals surface area contributed by atoms with E-state index in [9.17, 15) is 0 Å². The third kappa shape index (κ3) is 3.69. The molecule has 0 saturated heterocycles. The number of imidazole rings is 1. The van der Waals surface area contributed by atoms with Gasteiger partial charge in [-0.1, -0.05) is 6.07 Å². The van der Waals surface area contributed by atoms with E-state index < -0.39 is 0 Å². The number of nitrogens with zero attached hydrogens (tertiary/aromatic N) is 2. The van der Waals surface area contributed by atoms with Crippen molar-refractivity contribution in [2.24, 2.45) is 0 Å². The van der Waals surface area contributed by atoms with E-state index in [0.717, 1.165) is 35.6 Å². The Morgan fingerprint density at radius 1 is 1.29 bits per heavy atom. The van der Waals surface area contributed by atoms with Crippen LogP contribution in [0.5, 0.6) is 5.75 Å². The molecule has 1 aromatic heterocycles. The Balaban J connectivity index is 2.50. The quantitative estimate of drug-likeness (QED) is 0.733. The maximum absolute atomic E-state index is 5.91. The van der Waals surface area contributed by atoms with Crippen LogP contribution in [-0.4, -0.2) is 34.7 Å². The van der Waals surface area contributed by atoms with Crippen molar-refractivity contribution in [3.63, 3.8) is 0 Å². The molecule has 5 heteroatoms. The second-order valence-corrected chi connectivity index (χ2v) is 5.79. The monoisotopic (exact) mass is 310 g/mol. The molecule has 0 fully saturated rings. The van der Waals surface area contributed by atoms with Crippen molar-refractivity contribution in [1.82, 2.24) is 9.55 Å². The van der Waals surface area contributed by atoms with Crippen LogP contribution < -0.4 is 4.74 Å². The number of halogens is 1. The van der Waals surface area contributed by atoms with Crippen molar-refractivity contribution in [1.29, 1.82) is 0 Å². The van der Waals surface area contributed by atoms with Crippen molar-refractivity contribution < 1.29 is 9.47 Å². The summed E-state index contributed by atoms with van der Waals surface area (Å²) in [5, 5.41) is 0. The number of aromatic nitrogens is 2. The highest BCUT2D eigenvalue weighted by atomic mass is 35.5. The zero-order valence-corrected chi connectivity index (χ0v) is 13.9. The molecule has 1 atom stereocenters. The minimum Gasteiger partial charge on any atom is -0.489 e. The lowest BCUT2D eigenvalue weighted by Crippen LogP contribution is -2.17. The number of para-hydroxylation sites is 1. The van der Waals surface area contributed by atoms with Crippen LogP contribution in [0.15, 0.2) is 18.2 Å². The molecule has 0 radical (unpaired) electrons. The summed E-state index contributed by atoms with van der Waals surface area (Å²) < 4.78 is 13.4. The van der Waals surface area contributed by atoms with Gasteiger partial charge < -0.3 is 14.0 Å². The molecule has 0 amide bonds. The van der Waals surface area contributed by atoms with Gasteiger partial charge in [0.05, 0.1) is 24.3 Å². The molecule has 116 valence electrons. The highest BCUT2D eigenvalue weighted by Crippen LogP contribution is 2.27. The van der Waals surface area contributed by atoms with Gasteiger partial charge in [-0.2, -0.15) is 0 Å². The number of ether oxygens (including phenoxy) is 2. The molecule has 1 aromatic carbocycles. The van der Waals surface area contributed by atoms with E-state index in [0.29, 0.717) is 5.88 Å². The molecule has 0 bridgehead atoms. The van der Waals surface area contributed by atoms with Crippen LogP contribution in [0.25, 0.3) is 11.0 Å². The first-order valence-electron chi connectivity index (χ1n) is 7.30. The number of hydrogen-bond acceptors (Lipinski definition) is 3. The Bertz CT molecular complexity index is 595. The zero-order chi connectivity index (χ0) is 15.4. The summed E-state index contributed by atoms with van der Waals surface area (Å²) in [5.41, 5.74) is 1.96. The fourth-order valence-corrected chi connectivity index (χ4v) is 2.50. The van der Waals surface area contributed by atoms with E-state index in [4.69, 9.17) is 26.1 Å². The fourth-order valence-electron chi connectivity index (χ4n) is 2.33. The molecule has 21 heavy (non-hydrogen) atoms. The summed E-state index contributed by atoms with van der Waals surface area (Å²) in [4.78, 5) is 4.74. The maximum atomic E-state index is 5.91. The van der Waals surface area contributed by atoms with Gasteiger partial charge in [0.25, 0.3) is 0 Å². The van der Waals surface area contributed by atoms with Gasteiger partial charge in [-0.15, -0.1) is 11.6 Å². The van der Waals surface area contributed by atoms with Crippen molar-refractivity contribution in [3.05, 3.63) is 24.0 Å². The second-order valence-electron chi connectivity index (χ2n) is 5.41. The van der Waals surface area contributed by atoms with E-state index in [1.54, 1.807) is 7.11 Å². The largest absolute Gasteiger partial charge is 0.489 e. The smallest absolute Gasteiger partial charge is 0.147 e. The average molecular weight is 311 g/mol. The number of benzene rings is 1. The Kier molecular flexibility index (Phi) is 5.48. The summed E-state index contributed by atoms with van der Waals surface area (Å²) in [6.45, 7) is 6.83. The molecule has 2 aromatic rings. The normalized spacial score (nSPS) is 13.0. The summed E-state index contributed by atoms with van der Waals surface area (Å²) in [5.74, 6) is 2.34. The molecule has 1 unspecified atom stereocenters. The second kappa shape index (κ2) is 7.14. The molecule has 0 N–H and O–H groups in total. The summed E-state index contributed by atoms with van der Waals surface area (Å²) in [7, 11) is 1.72. The van der Waals surface area contributed by atoms with Crippen LogP contribution in [0, 0.1) is 0 Å². The fraction of sp³-hybridized carbons (Fsp3) is 0.562. The molecular weight excluding hydrogens is 288 g/mol. The van der Waals surface area contributed by atoms with Crippen molar-refractivity contribution >= 4 is 22.6 Å². The molecule has 2 rings (SSSR count). The Morgan fingerprint density at radius 2 is 2.05 bits per heavy atom. The average Bonchev–Trinajstić information content (AvgIpc) is 2.78. The van der Waals surface area contributed by atoms with E-state index in [2.05, 4.69) is 10.6 Å². The summed E-state index contributed by atoms with van der Waals surface area (Å²) in [6, 6.07) is 6.03. The lowest BCUT2D eigenvalue weighted by Gasteiger charge is -2.14. The number of hydrogen-bond donors (Lipinski definition) is 0. The van der Waals surface area contributed by atoms with Crippen LogP contribution in [0.3, 0.4) is 0 Å². The first-order valence-corrected chi connectivity index (χ1v) is 7.83. The van der Waals surface area contributed by atoms with E-state index in [-0.39, 0.29) is 12.2 Å². The Labute approximate surface area is 131 Å². The van der Waals surface area contributed by atoms with Crippen LogP contribution in [0.4, 0.5) is 0 Å². The number of methoxy groups -OCH3 is 1. The number of fused-ring (bicyclic) bond motifs is 1. The van der Waals surface area contributed by atoms with Crippen LogP contribution in [0.2, 0.25) is 0 Å². The third-order valence-electron chi connectivity index (χ3n) is 3.34. The van der Waals surface area contributed by atoms with Gasteiger partial charge in [0.2, 0.25) is 0 Å². The van der Waals surface area contributed by atoms with Gasteiger partial charge in [0.1, 0.15) is 17.1 Å². The van der Waals surface area contributed by atoms with Crippen molar-refractivity contribution in [2.45, 2.75) is 45.9 Å². The molecule has 0 spiro atoms. The van der Waals surface area contributed by atoms with Gasteiger partial charge in [-0.25, -0.2) is 4.98 Å². The van der Waals surface area contributed by atoms with Crippen LogP contribution in [-0.2, 0) is 17.7 Å². The Morgan fingerprint density at radius 3 is 2.67 bits per heavy atom. The number of rotatable bonds is 7.